The second-order valence-electron chi connectivity index (χ2n) is 4.66. The zero-order valence-electron chi connectivity index (χ0n) is 7.96. The standard InChI is InChI=1S/C10H16O2/c1-10(2)7-5-4-6(8(7)10)9(11)12-3/h6-8H,4-5H2,1-3H3/t6-,7?,8+/m0/s1. The molecule has 2 aliphatic carbocycles. The Morgan fingerprint density at radius 2 is 2.08 bits per heavy atom. The van der Waals surface area contributed by atoms with Crippen LogP contribution < -0.4 is 0 Å². The number of hydrogen-bond acceptors (Lipinski definition) is 2. The van der Waals surface area contributed by atoms with Crippen molar-refractivity contribution in [3.05, 3.63) is 0 Å². The topological polar surface area (TPSA) is 26.3 Å². The number of carbonyl (C=O) groups is 1. The Kier molecular flexibility index (Phi) is 1.51. The first-order valence-electron chi connectivity index (χ1n) is 4.67. The van der Waals surface area contributed by atoms with Crippen molar-refractivity contribution in [2.24, 2.45) is 23.2 Å². The van der Waals surface area contributed by atoms with Crippen molar-refractivity contribution in [1.29, 1.82) is 0 Å². The molecule has 0 saturated heterocycles. The highest BCUT2D eigenvalue weighted by Crippen LogP contribution is 2.69. The number of fused-ring (bicyclic) bond motifs is 1. The lowest BCUT2D eigenvalue weighted by molar-refractivity contribution is -0.146. The van der Waals surface area contributed by atoms with Gasteiger partial charge in [-0.05, 0) is 30.1 Å². The minimum atomic E-state index is 0.00748. The van der Waals surface area contributed by atoms with Crippen LogP contribution in [0.25, 0.3) is 0 Å². The van der Waals surface area contributed by atoms with E-state index in [0.29, 0.717) is 11.3 Å². The molecule has 0 N–H and O–H groups in total. The summed E-state index contributed by atoms with van der Waals surface area (Å²) < 4.78 is 4.79. The van der Waals surface area contributed by atoms with Gasteiger partial charge in [-0.2, -0.15) is 0 Å². The zero-order valence-corrected chi connectivity index (χ0v) is 7.96. The van der Waals surface area contributed by atoms with Crippen LogP contribution in [0.5, 0.6) is 0 Å². The van der Waals surface area contributed by atoms with E-state index in [1.54, 1.807) is 0 Å². The maximum atomic E-state index is 11.3. The number of ether oxygens (including phenoxy) is 1. The molecule has 2 fully saturated rings. The van der Waals surface area contributed by atoms with E-state index in [2.05, 4.69) is 13.8 Å². The van der Waals surface area contributed by atoms with Gasteiger partial charge in [0.05, 0.1) is 13.0 Å². The molecule has 2 rings (SSSR count). The molecule has 0 aromatic carbocycles. The molecule has 0 aromatic rings. The average Bonchev–Trinajstić information content (AvgIpc) is 2.52. The highest BCUT2D eigenvalue weighted by atomic mass is 16.5. The van der Waals surface area contributed by atoms with Gasteiger partial charge in [0.25, 0.3) is 0 Å². The Morgan fingerprint density at radius 1 is 1.42 bits per heavy atom. The zero-order chi connectivity index (χ0) is 8.93. The van der Waals surface area contributed by atoms with Crippen LogP contribution in [0.15, 0.2) is 0 Å². The van der Waals surface area contributed by atoms with Crippen LogP contribution in [0.3, 0.4) is 0 Å². The van der Waals surface area contributed by atoms with Crippen molar-refractivity contribution in [1.82, 2.24) is 0 Å². The van der Waals surface area contributed by atoms with E-state index in [1.807, 2.05) is 0 Å². The molecule has 3 atom stereocenters. The fourth-order valence-corrected chi connectivity index (χ4v) is 3.09. The van der Waals surface area contributed by atoms with E-state index in [0.717, 1.165) is 12.3 Å². The molecule has 12 heavy (non-hydrogen) atoms. The lowest BCUT2D eigenvalue weighted by atomic mass is 9.93. The monoisotopic (exact) mass is 168 g/mol. The van der Waals surface area contributed by atoms with Gasteiger partial charge in [0.2, 0.25) is 0 Å². The van der Waals surface area contributed by atoms with E-state index >= 15 is 0 Å². The predicted molar refractivity (Wildman–Crippen MR) is 45.5 cm³/mol. The van der Waals surface area contributed by atoms with Crippen LogP contribution in [0.2, 0.25) is 0 Å². The Morgan fingerprint density at radius 3 is 2.50 bits per heavy atom. The number of hydrogen-bond donors (Lipinski definition) is 0. The van der Waals surface area contributed by atoms with Gasteiger partial charge >= 0.3 is 5.97 Å². The summed E-state index contributed by atoms with van der Waals surface area (Å²) in [6.45, 7) is 4.52. The van der Waals surface area contributed by atoms with Crippen LogP contribution in [0.4, 0.5) is 0 Å². The van der Waals surface area contributed by atoms with E-state index in [9.17, 15) is 4.79 Å². The predicted octanol–water partition coefficient (Wildman–Crippen LogP) is 1.84. The quantitative estimate of drug-likeness (QED) is 0.558. The minimum absolute atomic E-state index is 0.00748. The molecule has 0 spiro atoms. The Bertz CT molecular complexity index is 220. The minimum Gasteiger partial charge on any atom is -0.469 e. The van der Waals surface area contributed by atoms with Gasteiger partial charge in [0.1, 0.15) is 0 Å². The lowest BCUT2D eigenvalue weighted by Gasteiger charge is -2.14. The summed E-state index contributed by atoms with van der Waals surface area (Å²) in [7, 11) is 1.49. The molecule has 1 unspecified atom stereocenters. The number of rotatable bonds is 1. The Balaban J connectivity index is 2.08. The Labute approximate surface area is 73.3 Å². The third-order valence-electron chi connectivity index (χ3n) is 3.87. The van der Waals surface area contributed by atoms with E-state index in [1.165, 1.54) is 13.5 Å². The van der Waals surface area contributed by atoms with Crippen molar-refractivity contribution in [2.45, 2.75) is 26.7 Å². The van der Waals surface area contributed by atoms with Gasteiger partial charge in [-0.3, -0.25) is 4.79 Å². The van der Waals surface area contributed by atoms with Gasteiger partial charge in [-0.1, -0.05) is 13.8 Å². The summed E-state index contributed by atoms with van der Waals surface area (Å²) in [6.07, 6.45) is 2.27. The first-order valence-corrected chi connectivity index (χ1v) is 4.67. The molecule has 0 aromatic heterocycles. The number of carbonyl (C=O) groups excluding carboxylic acids is 1. The maximum Gasteiger partial charge on any atom is 0.308 e. The molecule has 0 amide bonds. The summed E-state index contributed by atoms with van der Waals surface area (Å²) in [6, 6.07) is 0. The van der Waals surface area contributed by atoms with Gasteiger partial charge in [-0.15, -0.1) is 0 Å². The molecule has 2 heteroatoms. The van der Waals surface area contributed by atoms with Crippen LogP contribution in [-0.2, 0) is 9.53 Å². The van der Waals surface area contributed by atoms with Crippen molar-refractivity contribution in [2.75, 3.05) is 7.11 Å². The average molecular weight is 168 g/mol. The highest BCUT2D eigenvalue weighted by molar-refractivity contribution is 5.74. The highest BCUT2D eigenvalue weighted by Gasteiger charge is 2.65. The largest absolute Gasteiger partial charge is 0.469 e. The molecular formula is C10H16O2. The lowest BCUT2D eigenvalue weighted by Crippen LogP contribution is -2.19. The molecule has 0 aliphatic heterocycles. The third-order valence-corrected chi connectivity index (χ3v) is 3.87. The number of methoxy groups -OCH3 is 1. The van der Waals surface area contributed by atoms with Crippen LogP contribution in [-0.4, -0.2) is 13.1 Å². The van der Waals surface area contributed by atoms with E-state index in [4.69, 9.17) is 4.74 Å². The summed E-state index contributed by atoms with van der Waals surface area (Å²) in [5.41, 5.74) is 0.414. The van der Waals surface area contributed by atoms with Crippen LogP contribution in [0.1, 0.15) is 26.7 Å². The van der Waals surface area contributed by atoms with Crippen molar-refractivity contribution in [3.63, 3.8) is 0 Å². The second kappa shape index (κ2) is 2.24. The molecule has 0 radical (unpaired) electrons. The SMILES string of the molecule is COC(=O)[C@H]1CCC2[C@@H]1C2(C)C. The van der Waals surface area contributed by atoms with Crippen molar-refractivity contribution < 1.29 is 9.53 Å². The summed E-state index contributed by atoms with van der Waals surface area (Å²) in [4.78, 5) is 11.3. The van der Waals surface area contributed by atoms with Crippen LogP contribution in [0, 0.1) is 23.2 Å². The maximum absolute atomic E-state index is 11.3. The molecule has 0 bridgehead atoms. The summed E-state index contributed by atoms with van der Waals surface area (Å²) >= 11 is 0. The Hall–Kier alpha value is -0.530. The third kappa shape index (κ3) is 0.838. The van der Waals surface area contributed by atoms with Crippen LogP contribution >= 0.6 is 0 Å². The molecule has 2 nitrogen and oxygen atoms in total. The fraction of sp³-hybridized carbons (Fsp3) is 0.900. The fourth-order valence-electron chi connectivity index (χ4n) is 3.09. The van der Waals surface area contributed by atoms with E-state index in [-0.39, 0.29) is 11.9 Å². The van der Waals surface area contributed by atoms with E-state index < -0.39 is 0 Å². The molecular weight excluding hydrogens is 152 g/mol. The first kappa shape index (κ1) is 8.09. The molecule has 68 valence electrons. The molecule has 2 saturated carbocycles. The summed E-state index contributed by atoms with van der Waals surface area (Å²) in [5, 5.41) is 0. The normalized spacial score (nSPS) is 42.1. The van der Waals surface area contributed by atoms with Crippen molar-refractivity contribution >= 4 is 5.97 Å². The van der Waals surface area contributed by atoms with Gasteiger partial charge in [0, 0.05) is 0 Å². The van der Waals surface area contributed by atoms with Crippen molar-refractivity contribution in [3.8, 4) is 0 Å². The number of esters is 1. The molecule has 0 heterocycles. The smallest absolute Gasteiger partial charge is 0.308 e. The molecule has 2 aliphatic rings. The second-order valence-corrected chi connectivity index (χ2v) is 4.66. The van der Waals surface area contributed by atoms with Gasteiger partial charge in [-0.25, -0.2) is 0 Å². The van der Waals surface area contributed by atoms with Gasteiger partial charge in [0.15, 0.2) is 0 Å². The van der Waals surface area contributed by atoms with Gasteiger partial charge < -0.3 is 4.74 Å². The summed E-state index contributed by atoms with van der Waals surface area (Å²) in [5.74, 6) is 1.62. The first-order chi connectivity index (χ1) is 5.59.